The van der Waals surface area contributed by atoms with Gasteiger partial charge in [0.15, 0.2) is 5.11 Å². The molecule has 1 amide bonds. The van der Waals surface area contributed by atoms with E-state index in [2.05, 4.69) is 48.3 Å². The van der Waals surface area contributed by atoms with E-state index >= 15 is 0 Å². The third-order valence-corrected chi connectivity index (χ3v) is 8.27. The molecule has 6 heteroatoms. The minimum atomic E-state index is -0.371. The van der Waals surface area contributed by atoms with Crippen LogP contribution in [0.3, 0.4) is 0 Å². The smallest absolute Gasteiger partial charge is 0.233 e. The molecular weight excluding hydrogens is 404 g/mol. The SMILES string of the molecule is CC(C)C1CCC(N2CCC3(CC2)C(=O)N(CCNC(N)=S)Cc2ccccc23)CC1. The number of nitrogens with zero attached hydrogens (tertiary/aromatic N) is 2. The minimum absolute atomic E-state index is 0.291. The average molecular weight is 443 g/mol. The maximum Gasteiger partial charge on any atom is 0.233 e. The number of nitrogens with one attached hydrogen (secondary N) is 1. The summed E-state index contributed by atoms with van der Waals surface area (Å²) < 4.78 is 0. The van der Waals surface area contributed by atoms with E-state index < -0.39 is 0 Å². The van der Waals surface area contributed by atoms with Gasteiger partial charge < -0.3 is 20.9 Å². The fraction of sp³-hybridized carbons (Fsp3) is 0.680. The van der Waals surface area contributed by atoms with Crippen LogP contribution in [0.15, 0.2) is 24.3 Å². The number of carbonyl (C=O) groups is 1. The lowest BCUT2D eigenvalue weighted by Gasteiger charge is -2.49. The second kappa shape index (κ2) is 9.45. The molecule has 1 spiro atoms. The van der Waals surface area contributed by atoms with Gasteiger partial charge in [0, 0.05) is 25.7 Å². The monoisotopic (exact) mass is 442 g/mol. The van der Waals surface area contributed by atoms with Crippen LogP contribution < -0.4 is 11.1 Å². The summed E-state index contributed by atoms with van der Waals surface area (Å²) in [5.74, 6) is 1.98. The number of hydrogen-bond acceptors (Lipinski definition) is 3. The first-order valence-electron chi connectivity index (χ1n) is 12.1. The van der Waals surface area contributed by atoms with E-state index in [4.69, 9.17) is 18.0 Å². The molecular formula is C25H38N4OS. The number of benzene rings is 1. The van der Waals surface area contributed by atoms with Gasteiger partial charge in [-0.3, -0.25) is 4.79 Å². The molecule has 2 aliphatic heterocycles. The molecule has 0 atom stereocenters. The Hall–Kier alpha value is -1.66. The number of piperidine rings is 1. The molecule has 170 valence electrons. The van der Waals surface area contributed by atoms with Crippen molar-refractivity contribution in [3.8, 4) is 0 Å². The Morgan fingerprint density at radius 1 is 1.19 bits per heavy atom. The van der Waals surface area contributed by atoms with Crippen LogP contribution in [0.2, 0.25) is 0 Å². The molecule has 1 saturated carbocycles. The van der Waals surface area contributed by atoms with Gasteiger partial charge in [-0.2, -0.15) is 0 Å². The molecule has 31 heavy (non-hydrogen) atoms. The van der Waals surface area contributed by atoms with E-state index in [9.17, 15) is 4.79 Å². The highest BCUT2D eigenvalue weighted by Crippen LogP contribution is 2.44. The van der Waals surface area contributed by atoms with Crippen LogP contribution >= 0.6 is 12.2 Å². The maximum atomic E-state index is 13.8. The van der Waals surface area contributed by atoms with Gasteiger partial charge in [-0.15, -0.1) is 0 Å². The van der Waals surface area contributed by atoms with Gasteiger partial charge >= 0.3 is 0 Å². The minimum Gasteiger partial charge on any atom is -0.376 e. The Kier molecular flexibility index (Phi) is 6.87. The van der Waals surface area contributed by atoms with Crippen molar-refractivity contribution in [2.75, 3.05) is 26.2 Å². The molecule has 0 aromatic heterocycles. The fourth-order valence-corrected chi connectivity index (χ4v) is 6.30. The Morgan fingerprint density at radius 2 is 1.87 bits per heavy atom. The lowest BCUT2D eigenvalue weighted by Crippen LogP contribution is -2.58. The predicted octanol–water partition coefficient (Wildman–Crippen LogP) is 3.41. The first-order chi connectivity index (χ1) is 14.9. The molecule has 3 aliphatic rings. The Balaban J connectivity index is 1.46. The summed E-state index contributed by atoms with van der Waals surface area (Å²) in [5.41, 5.74) is 7.77. The summed E-state index contributed by atoms with van der Waals surface area (Å²) in [7, 11) is 0. The van der Waals surface area contributed by atoms with E-state index in [1.807, 2.05) is 4.90 Å². The van der Waals surface area contributed by atoms with Crippen molar-refractivity contribution in [1.29, 1.82) is 0 Å². The molecule has 2 fully saturated rings. The van der Waals surface area contributed by atoms with Gasteiger partial charge in [0.05, 0.1) is 5.41 Å². The van der Waals surface area contributed by atoms with Crippen LogP contribution in [0.1, 0.15) is 63.5 Å². The number of amides is 1. The van der Waals surface area contributed by atoms with E-state index in [1.165, 1.54) is 36.8 Å². The van der Waals surface area contributed by atoms with E-state index in [1.54, 1.807) is 0 Å². The first kappa shape index (κ1) is 22.5. The maximum absolute atomic E-state index is 13.8. The molecule has 3 N–H and O–H groups in total. The molecule has 0 unspecified atom stereocenters. The largest absolute Gasteiger partial charge is 0.376 e. The molecule has 2 heterocycles. The zero-order valence-corrected chi connectivity index (χ0v) is 19.9. The van der Waals surface area contributed by atoms with Crippen molar-refractivity contribution >= 4 is 23.2 Å². The molecule has 0 radical (unpaired) electrons. The van der Waals surface area contributed by atoms with E-state index in [0.717, 1.165) is 37.8 Å². The van der Waals surface area contributed by atoms with Gasteiger partial charge in [-0.05, 0) is 86.8 Å². The highest BCUT2D eigenvalue weighted by molar-refractivity contribution is 7.80. The molecule has 0 bridgehead atoms. The van der Waals surface area contributed by atoms with Crippen LogP contribution in [0, 0.1) is 11.8 Å². The Morgan fingerprint density at radius 3 is 2.52 bits per heavy atom. The summed E-state index contributed by atoms with van der Waals surface area (Å²) in [6, 6.07) is 9.28. The molecule has 5 nitrogen and oxygen atoms in total. The van der Waals surface area contributed by atoms with Crippen LogP contribution in [-0.4, -0.2) is 53.0 Å². The average Bonchev–Trinajstić information content (AvgIpc) is 2.77. The topological polar surface area (TPSA) is 61.6 Å². The molecule has 1 aromatic carbocycles. The van der Waals surface area contributed by atoms with Crippen molar-refractivity contribution in [3.63, 3.8) is 0 Å². The number of thiocarbonyl (C=S) groups is 1. The van der Waals surface area contributed by atoms with Crippen molar-refractivity contribution in [2.45, 2.75) is 70.4 Å². The second-order valence-electron chi connectivity index (χ2n) is 10.1. The van der Waals surface area contributed by atoms with E-state index in [-0.39, 0.29) is 5.41 Å². The summed E-state index contributed by atoms with van der Waals surface area (Å²) in [4.78, 5) is 18.5. The van der Waals surface area contributed by atoms with Gasteiger partial charge in [-0.1, -0.05) is 38.1 Å². The molecule has 1 saturated heterocycles. The summed E-state index contributed by atoms with van der Waals surface area (Å²) in [6.07, 6.45) is 7.19. The van der Waals surface area contributed by atoms with Gasteiger partial charge in [0.1, 0.15) is 0 Å². The Bertz CT molecular complexity index is 794. The number of carbonyl (C=O) groups excluding carboxylic acids is 1. The summed E-state index contributed by atoms with van der Waals surface area (Å²) in [6.45, 7) is 8.69. The summed E-state index contributed by atoms with van der Waals surface area (Å²) >= 11 is 4.93. The van der Waals surface area contributed by atoms with Crippen LogP contribution in [0.5, 0.6) is 0 Å². The summed E-state index contributed by atoms with van der Waals surface area (Å²) in [5, 5.41) is 3.29. The van der Waals surface area contributed by atoms with Crippen molar-refractivity contribution in [2.24, 2.45) is 17.6 Å². The fourth-order valence-electron chi connectivity index (χ4n) is 6.20. The number of rotatable bonds is 5. The van der Waals surface area contributed by atoms with Gasteiger partial charge in [-0.25, -0.2) is 0 Å². The zero-order valence-electron chi connectivity index (χ0n) is 19.1. The Labute approximate surface area is 192 Å². The lowest BCUT2D eigenvalue weighted by atomic mass is 9.67. The third-order valence-electron chi connectivity index (χ3n) is 8.12. The zero-order chi connectivity index (χ0) is 22.0. The quantitative estimate of drug-likeness (QED) is 0.685. The van der Waals surface area contributed by atoms with Crippen molar-refractivity contribution < 1.29 is 4.79 Å². The predicted molar refractivity (Wildman–Crippen MR) is 130 cm³/mol. The number of fused-ring (bicyclic) bond motifs is 2. The molecule has 4 rings (SSSR count). The number of hydrogen-bond donors (Lipinski definition) is 2. The molecule has 1 aromatic rings. The van der Waals surface area contributed by atoms with Crippen LogP contribution in [0.4, 0.5) is 0 Å². The van der Waals surface area contributed by atoms with E-state index in [0.29, 0.717) is 36.7 Å². The highest BCUT2D eigenvalue weighted by atomic mass is 32.1. The second-order valence-corrected chi connectivity index (χ2v) is 10.5. The van der Waals surface area contributed by atoms with Gasteiger partial charge in [0.2, 0.25) is 5.91 Å². The highest BCUT2D eigenvalue weighted by Gasteiger charge is 2.49. The lowest BCUT2D eigenvalue weighted by molar-refractivity contribution is -0.142. The van der Waals surface area contributed by atoms with Crippen molar-refractivity contribution in [1.82, 2.24) is 15.1 Å². The standard InChI is InChI=1S/C25H38N4OS/c1-18(2)19-7-9-21(10-8-19)28-14-11-25(12-15-28)22-6-4-3-5-20(22)17-29(23(25)30)16-13-27-24(26)31/h3-6,18-19,21H,7-17H2,1-2H3,(H3,26,27,31). The van der Waals surface area contributed by atoms with Gasteiger partial charge in [0.25, 0.3) is 0 Å². The third kappa shape index (κ3) is 4.61. The number of nitrogens with two attached hydrogens (primary N) is 1. The first-order valence-corrected chi connectivity index (χ1v) is 12.5. The van der Waals surface area contributed by atoms with Crippen LogP contribution in [0.25, 0.3) is 0 Å². The van der Waals surface area contributed by atoms with Crippen LogP contribution in [-0.2, 0) is 16.8 Å². The van der Waals surface area contributed by atoms with Crippen molar-refractivity contribution in [3.05, 3.63) is 35.4 Å². The molecule has 1 aliphatic carbocycles. The normalized spacial score (nSPS) is 26.2. The number of likely N-dealkylation sites (tertiary alicyclic amines) is 1.